The third-order valence-corrected chi connectivity index (χ3v) is 4.82. The van der Waals surface area contributed by atoms with Crippen LogP contribution in [0.25, 0.3) is 0 Å². The fraction of sp³-hybridized carbons (Fsp3) is 0.900. The molecule has 0 spiro atoms. The van der Waals surface area contributed by atoms with Gasteiger partial charge in [0.25, 0.3) is 0 Å². The van der Waals surface area contributed by atoms with Crippen LogP contribution in [0.1, 0.15) is 90.9 Å². The molecule has 0 bridgehead atoms. The van der Waals surface area contributed by atoms with Crippen molar-refractivity contribution in [3.05, 3.63) is 0 Å². The van der Waals surface area contributed by atoms with E-state index >= 15 is 0 Å². The van der Waals surface area contributed by atoms with Crippen LogP contribution in [-0.2, 0) is 14.3 Å². The van der Waals surface area contributed by atoms with E-state index in [2.05, 4.69) is 13.8 Å². The minimum atomic E-state index is -0.242. The Labute approximate surface area is 148 Å². The summed E-state index contributed by atoms with van der Waals surface area (Å²) in [4.78, 5) is 25.9. The molecule has 0 aromatic heterocycles. The van der Waals surface area contributed by atoms with Crippen LogP contribution in [0.15, 0.2) is 0 Å². The predicted octanol–water partition coefficient (Wildman–Crippen LogP) is 4.71. The van der Waals surface area contributed by atoms with Crippen LogP contribution in [0.2, 0.25) is 0 Å². The second-order valence-corrected chi connectivity index (χ2v) is 7.09. The van der Waals surface area contributed by atoms with Crippen molar-refractivity contribution in [2.24, 2.45) is 5.92 Å². The largest absolute Gasteiger partial charge is 0.465 e. The molecule has 1 saturated heterocycles. The number of hydrogen-bond donors (Lipinski definition) is 0. The van der Waals surface area contributed by atoms with Crippen molar-refractivity contribution in [2.45, 2.75) is 90.9 Å². The predicted molar refractivity (Wildman–Crippen MR) is 97.8 cm³/mol. The lowest BCUT2D eigenvalue weighted by Crippen LogP contribution is -2.27. The number of unbranched alkanes of at least 4 members (excludes halogenated alkanes) is 9. The first-order valence-corrected chi connectivity index (χ1v) is 10.1. The Kier molecular flexibility index (Phi) is 11.6. The van der Waals surface area contributed by atoms with E-state index in [1.54, 1.807) is 0 Å². The summed E-state index contributed by atoms with van der Waals surface area (Å²) in [7, 11) is 0. The van der Waals surface area contributed by atoms with Gasteiger partial charge < -0.3 is 9.64 Å². The Hall–Kier alpha value is -1.06. The Morgan fingerprint density at radius 2 is 1.54 bits per heavy atom. The van der Waals surface area contributed by atoms with Crippen molar-refractivity contribution >= 4 is 11.9 Å². The molecule has 0 N–H and O–H groups in total. The standard InChI is InChI=1S/C20H37NO3/c1-3-5-7-8-9-10-11-12-14-21-17-18(16-19(21)22)20(23)24-15-13-6-4-2/h18H,3-17H2,1-2H3. The zero-order valence-electron chi connectivity index (χ0n) is 15.9. The van der Waals surface area contributed by atoms with Gasteiger partial charge in [-0.2, -0.15) is 0 Å². The first-order chi connectivity index (χ1) is 11.7. The first kappa shape index (κ1) is 21.0. The number of rotatable bonds is 14. The second kappa shape index (κ2) is 13.3. The van der Waals surface area contributed by atoms with E-state index in [1.807, 2.05) is 4.90 Å². The summed E-state index contributed by atoms with van der Waals surface area (Å²) >= 11 is 0. The molecule has 1 unspecified atom stereocenters. The van der Waals surface area contributed by atoms with Gasteiger partial charge in [0.1, 0.15) is 0 Å². The van der Waals surface area contributed by atoms with Gasteiger partial charge in [0.05, 0.1) is 12.5 Å². The Morgan fingerprint density at radius 3 is 2.21 bits per heavy atom. The molecule has 4 nitrogen and oxygen atoms in total. The highest BCUT2D eigenvalue weighted by Gasteiger charge is 2.34. The number of carbonyl (C=O) groups is 2. The number of carbonyl (C=O) groups excluding carboxylic acids is 2. The van der Waals surface area contributed by atoms with E-state index in [4.69, 9.17) is 4.74 Å². The summed E-state index contributed by atoms with van der Waals surface area (Å²) in [5, 5.41) is 0. The highest BCUT2D eigenvalue weighted by atomic mass is 16.5. The molecule has 4 heteroatoms. The molecule has 0 aromatic rings. The number of ether oxygens (including phenoxy) is 1. The molecule has 0 aliphatic carbocycles. The summed E-state index contributed by atoms with van der Waals surface area (Å²) < 4.78 is 5.30. The molecule has 1 aliphatic rings. The molecule has 1 heterocycles. The van der Waals surface area contributed by atoms with Crippen LogP contribution < -0.4 is 0 Å². The molecule has 0 radical (unpaired) electrons. The molecule has 1 rings (SSSR count). The van der Waals surface area contributed by atoms with Crippen LogP contribution in [0, 0.1) is 5.92 Å². The molecule has 1 amide bonds. The average Bonchev–Trinajstić information content (AvgIpc) is 2.95. The summed E-state index contributed by atoms with van der Waals surface area (Å²) in [5.41, 5.74) is 0. The van der Waals surface area contributed by atoms with Gasteiger partial charge in [-0.05, 0) is 12.8 Å². The highest BCUT2D eigenvalue weighted by molar-refractivity contribution is 5.86. The summed E-state index contributed by atoms with van der Waals surface area (Å²) in [6, 6.07) is 0. The van der Waals surface area contributed by atoms with Gasteiger partial charge in [0.2, 0.25) is 5.91 Å². The number of nitrogens with zero attached hydrogens (tertiary/aromatic N) is 1. The van der Waals surface area contributed by atoms with Crippen molar-refractivity contribution in [1.82, 2.24) is 4.90 Å². The van der Waals surface area contributed by atoms with Gasteiger partial charge >= 0.3 is 5.97 Å². The maximum Gasteiger partial charge on any atom is 0.311 e. The quantitative estimate of drug-likeness (QED) is 0.340. The maximum absolute atomic E-state index is 12.0. The van der Waals surface area contributed by atoms with Crippen LogP contribution in [0.3, 0.4) is 0 Å². The smallest absolute Gasteiger partial charge is 0.311 e. The summed E-state index contributed by atoms with van der Waals surface area (Å²) in [5.74, 6) is -0.306. The van der Waals surface area contributed by atoms with Crippen molar-refractivity contribution in [3.63, 3.8) is 0 Å². The molecule has 140 valence electrons. The molecule has 1 aliphatic heterocycles. The lowest BCUT2D eigenvalue weighted by molar-refractivity contribution is -0.148. The van der Waals surface area contributed by atoms with E-state index in [0.717, 1.165) is 32.2 Å². The van der Waals surface area contributed by atoms with E-state index in [-0.39, 0.29) is 17.8 Å². The van der Waals surface area contributed by atoms with E-state index < -0.39 is 0 Å². The van der Waals surface area contributed by atoms with Gasteiger partial charge in [-0.3, -0.25) is 9.59 Å². The monoisotopic (exact) mass is 339 g/mol. The first-order valence-electron chi connectivity index (χ1n) is 10.1. The van der Waals surface area contributed by atoms with Crippen LogP contribution in [0.4, 0.5) is 0 Å². The molecule has 0 saturated carbocycles. The summed E-state index contributed by atoms with van der Waals surface area (Å²) in [6.45, 7) is 6.21. The van der Waals surface area contributed by atoms with Gasteiger partial charge in [0, 0.05) is 19.5 Å². The SMILES string of the molecule is CCCCCCCCCCN1CC(C(=O)OCCCCC)CC1=O. The van der Waals surface area contributed by atoms with Crippen LogP contribution >= 0.6 is 0 Å². The molecular formula is C20H37NO3. The normalized spacial score (nSPS) is 17.5. The van der Waals surface area contributed by atoms with Gasteiger partial charge in [0.15, 0.2) is 0 Å². The fourth-order valence-electron chi connectivity index (χ4n) is 3.23. The molecule has 1 fully saturated rings. The average molecular weight is 340 g/mol. The molecule has 24 heavy (non-hydrogen) atoms. The lowest BCUT2D eigenvalue weighted by Gasteiger charge is -2.16. The minimum Gasteiger partial charge on any atom is -0.465 e. The molecule has 0 aromatic carbocycles. The summed E-state index contributed by atoms with van der Waals surface area (Å²) in [6.07, 6.45) is 13.6. The second-order valence-electron chi connectivity index (χ2n) is 7.09. The van der Waals surface area contributed by atoms with Crippen molar-refractivity contribution < 1.29 is 14.3 Å². The Morgan fingerprint density at radius 1 is 0.958 bits per heavy atom. The van der Waals surface area contributed by atoms with Crippen molar-refractivity contribution in [1.29, 1.82) is 0 Å². The zero-order valence-corrected chi connectivity index (χ0v) is 15.9. The minimum absolute atomic E-state index is 0.119. The highest BCUT2D eigenvalue weighted by Crippen LogP contribution is 2.20. The van der Waals surface area contributed by atoms with E-state index in [9.17, 15) is 9.59 Å². The number of esters is 1. The topological polar surface area (TPSA) is 46.6 Å². The number of amides is 1. The van der Waals surface area contributed by atoms with Crippen LogP contribution in [0.5, 0.6) is 0 Å². The third kappa shape index (κ3) is 8.70. The Bertz CT molecular complexity index is 357. The third-order valence-electron chi connectivity index (χ3n) is 4.82. The number of hydrogen-bond acceptors (Lipinski definition) is 3. The zero-order chi connectivity index (χ0) is 17.6. The van der Waals surface area contributed by atoms with Gasteiger partial charge in [-0.15, -0.1) is 0 Å². The van der Waals surface area contributed by atoms with Gasteiger partial charge in [-0.25, -0.2) is 0 Å². The fourth-order valence-corrected chi connectivity index (χ4v) is 3.23. The Balaban J connectivity index is 2.08. The van der Waals surface area contributed by atoms with Crippen molar-refractivity contribution in [3.8, 4) is 0 Å². The molecule has 1 atom stereocenters. The maximum atomic E-state index is 12.0. The molecular weight excluding hydrogens is 302 g/mol. The van der Waals surface area contributed by atoms with E-state index in [1.165, 1.54) is 44.9 Å². The van der Waals surface area contributed by atoms with Crippen molar-refractivity contribution in [2.75, 3.05) is 19.7 Å². The van der Waals surface area contributed by atoms with E-state index in [0.29, 0.717) is 19.6 Å². The lowest BCUT2D eigenvalue weighted by atomic mass is 10.1. The van der Waals surface area contributed by atoms with Crippen LogP contribution in [-0.4, -0.2) is 36.5 Å². The number of likely N-dealkylation sites (tertiary alicyclic amines) is 1. The van der Waals surface area contributed by atoms with Gasteiger partial charge in [-0.1, -0.05) is 71.6 Å².